The number of nitrogens with two attached hydrogens (primary N) is 1. The summed E-state index contributed by atoms with van der Waals surface area (Å²) in [5, 5.41) is 9.51. The number of rotatable bonds is 6. The predicted molar refractivity (Wildman–Crippen MR) is 109 cm³/mol. The minimum Gasteiger partial charge on any atom is -0.494 e. The molecule has 27 heavy (non-hydrogen) atoms. The minimum atomic E-state index is 0.514. The number of aromatic nitrogens is 2. The second-order valence-electron chi connectivity index (χ2n) is 6.21. The highest BCUT2D eigenvalue weighted by Crippen LogP contribution is 2.31. The van der Waals surface area contributed by atoms with E-state index in [1.807, 2.05) is 38.2 Å². The fourth-order valence-corrected chi connectivity index (χ4v) is 2.76. The number of benzene rings is 1. The molecule has 0 saturated heterocycles. The van der Waals surface area contributed by atoms with Gasteiger partial charge in [-0.15, -0.1) is 0 Å². The average Bonchev–Trinajstić information content (AvgIpc) is 2.67. The number of hydrogen-bond donors (Lipinski definition) is 4. The Balaban J connectivity index is 1.86. The van der Waals surface area contributed by atoms with Gasteiger partial charge in [0.25, 0.3) is 0 Å². The molecule has 0 fully saturated rings. The first-order chi connectivity index (χ1) is 13.1. The monoisotopic (exact) mass is 367 g/mol. The maximum absolute atomic E-state index is 6.05. The number of hydrogen-bond acceptors (Lipinski definition) is 8. The van der Waals surface area contributed by atoms with Crippen LogP contribution in [0.5, 0.6) is 5.75 Å². The number of allylic oxidation sites excluding steroid dienone is 2. The number of nitrogens with zero attached hydrogens (tertiary/aromatic N) is 3. The fourth-order valence-electron chi connectivity index (χ4n) is 2.76. The molecule has 2 heterocycles. The van der Waals surface area contributed by atoms with Crippen LogP contribution in [0.3, 0.4) is 0 Å². The lowest BCUT2D eigenvalue weighted by Gasteiger charge is -2.16. The molecule has 0 bridgehead atoms. The van der Waals surface area contributed by atoms with Crippen molar-refractivity contribution < 1.29 is 4.74 Å². The Labute approximate surface area is 159 Å². The number of ether oxygens (including phenoxy) is 1. The Morgan fingerprint density at radius 2 is 2.15 bits per heavy atom. The highest BCUT2D eigenvalue weighted by atomic mass is 16.5. The summed E-state index contributed by atoms with van der Waals surface area (Å²) >= 11 is 0. The van der Waals surface area contributed by atoms with Gasteiger partial charge in [-0.05, 0) is 38.0 Å². The number of aryl methyl sites for hydroxylation is 1. The van der Waals surface area contributed by atoms with Gasteiger partial charge in [-0.2, -0.15) is 4.98 Å². The smallest absolute Gasteiger partial charge is 0.229 e. The largest absolute Gasteiger partial charge is 0.494 e. The SMILES string of the molecule is CNc1cc(C)nc(Nc2ccc(OC)c(N=CC3=C(N)CCCN3)c2)n1. The highest BCUT2D eigenvalue weighted by Gasteiger charge is 2.09. The molecule has 3 rings (SSSR count). The third-order valence-electron chi connectivity index (χ3n) is 4.16. The number of nitrogens with one attached hydrogen (secondary N) is 3. The summed E-state index contributed by atoms with van der Waals surface area (Å²) < 4.78 is 5.42. The Kier molecular flexibility index (Phi) is 5.75. The van der Waals surface area contributed by atoms with E-state index in [2.05, 4.69) is 30.9 Å². The first-order valence-corrected chi connectivity index (χ1v) is 8.84. The van der Waals surface area contributed by atoms with Gasteiger partial charge in [0.15, 0.2) is 0 Å². The molecule has 0 atom stereocenters. The van der Waals surface area contributed by atoms with Crippen LogP contribution in [0.15, 0.2) is 40.7 Å². The van der Waals surface area contributed by atoms with Crippen molar-refractivity contribution >= 4 is 29.4 Å². The summed E-state index contributed by atoms with van der Waals surface area (Å²) in [5.74, 6) is 1.94. The summed E-state index contributed by atoms with van der Waals surface area (Å²) in [6.07, 6.45) is 3.67. The van der Waals surface area contributed by atoms with Crippen LogP contribution in [-0.2, 0) is 0 Å². The molecule has 0 unspecified atom stereocenters. The van der Waals surface area contributed by atoms with Crippen LogP contribution in [0.25, 0.3) is 0 Å². The summed E-state index contributed by atoms with van der Waals surface area (Å²) in [6.45, 7) is 2.83. The van der Waals surface area contributed by atoms with Gasteiger partial charge in [-0.25, -0.2) is 4.98 Å². The van der Waals surface area contributed by atoms with Crippen LogP contribution >= 0.6 is 0 Å². The maximum Gasteiger partial charge on any atom is 0.229 e. The van der Waals surface area contributed by atoms with Gasteiger partial charge in [-0.1, -0.05) is 0 Å². The maximum atomic E-state index is 6.05. The highest BCUT2D eigenvalue weighted by molar-refractivity contribution is 5.83. The molecular formula is C19H25N7O. The summed E-state index contributed by atoms with van der Waals surface area (Å²) in [4.78, 5) is 13.4. The van der Waals surface area contributed by atoms with Crippen molar-refractivity contribution in [1.82, 2.24) is 15.3 Å². The Morgan fingerprint density at radius 1 is 1.30 bits per heavy atom. The van der Waals surface area contributed by atoms with Gasteiger partial charge in [0.2, 0.25) is 5.95 Å². The van der Waals surface area contributed by atoms with Crippen LogP contribution in [0.1, 0.15) is 18.5 Å². The van der Waals surface area contributed by atoms with Gasteiger partial charge in [0.1, 0.15) is 17.3 Å². The molecule has 1 aromatic carbocycles. The molecule has 1 aliphatic heterocycles. The molecule has 0 aliphatic carbocycles. The molecule has 5 N–H and O–H groups in total. The second kappa shape index (κ2) is 8.39. The Morgan fingerprint density at radius 3 is 2.89 bits per heavy atom. The van der Waals surface area contributed by atoms with E-state index in [0.29, 0.717) is 17.4 Å². The number of anilines is 3. The summed E-state index contributed by atoms with van der Waals surface area (Å²) in [7, 11) is 3.45. The third kappa shape index (κ3) is 4.66. The van der Waals surface area contributed by atoms with Crippen molar-refractivity contribution in [2.45, 2.75) is 19.8 Å². The zero-order chi connectivity index (χ0) is 19.2. The molecule has 142 valence electrons. The van der Waals surface area contributed by atoms with Gasteiger partial charge in [-0.3, -0.25) is 4.99 Å². The van der Waals surface area contributed by atoms with Crippen molar-refractivity contribution in [2.75, 3.05) is 31.3 Å². The molecule has 0 saturated carbocycles. The van der Waals surface area contributed by atoms with Gasteiger partial charge >= 0.3 is 0 Å². The molecule has 8 nitrogen and oxygen atoms in total. The van der Waals surface area contributed by atoms with Crippen LogP contribution in [0, 0.1) is 6.92 Å². The molecule has 0 spiro atoms. The predicted octanol–water partition coefficient (Wildman–Crippen LogP) is 2.83. The molecule has 1 aliphatic rings. The molecule has 0 radical (unpaired) electrons. The Hall–Kier alpha value is -3.29. The van der Waals surface area contributed by atoms with Gasteiger partial charge in [0, 0.05) is 36.7 Å². The van der Waals surface area contributed by atoms with E-state index in [1.54, 1.807) is 13.3 Å². The lowest BCUT2D eigenvalue weighted by Crippen LogP contribution is -2.25. The van der Waals surface area contributed by atoms with Crippen LogP contribution in [0.2, 0.25) is 0 Å². The van der Waals surface area contributed by atoms with Crippen LogP contribution in [-0.4, -0.2) is 36.9 Å². The Bertz CT molecular complexity index is 876. The van der Waals surface area contributed by atoms with E-state index >= 15 is 0 Å². The van der Waals surface area contributed by atoms with Gasteiger partial charge < -0.3 is 26.4 Å². The normalized spacial score (nSPS) is 14.2. The zero-order valence-electron chi connectivity index (χ0n) is 15.8. The zero-order valence-corrected chi connectivity index (χ0v) is 15.8. The molecular weight excluding hydrogens is 342 g/mol. The standard InChI is InChI=1S/C19H25N7O/c1-12-9-18(21-2)26-19(24-12)25-13-6-7-17(27-3)15(10-13)23-11-16-14(20)5-4-8-22-16/h6-7,9-11,22H,4-5,8,20H2,1-3H3,(H2,21,24,25,26). The lowest BCUT2D eigenvalue weighted by molar-refractivity contribution is 0.416. The van der Waals surface area contributed by atoms with Crippen LogP contribution < -0.4 is 26.4 Å². The number of methoxy groups -OCH3 is 1. The molecule has 1 aromatic heterocycles. The first kappa shape index (κ1) is 18.5. The summed E-state index contributed by atoms with van der Waals surface area (Å²) in [5.41, 5.74) is 10.1. The van der Waals surface area contributed by atoms with Crippen LogP contribution in [0.4, 0.5) is 23.1 Å². The third-order valence-corrected chi connectivity index (χ3v) is 4.16. The van der Waals surface area contributed by atoms with Gasteiger partial charge in [0.05, 0.1) is 19.0 Å². The van der Waals surface area contributed by atoms with E-state index in [9.17, 15) is 0 Å². The van der Waals surface area contributed by atoms with E-state index in [4.69, 9.17) is 10.5 Å². The minimum absolute atomic E-state index is 0.514. The van der Waals surface area contributed by atoms with Crippen molar-refractivity contribution in [2.24, 2.45) is 10.7 Å². The van der Waals surface area contributed by atoms with E-state index in [0.717, 1.165) is 48.0 Å². The topological polar surface area (TPSA) is 109 Å². The fraction of sp³-hybridized carbons (Fsp3) is 0.316. The average molecular weight is 367 g/mol. The first-order valence-electron chi connectivity index (χ1n) is 8.84. The lowest BCUT2D eigenvalue weighted by atomic mass is 10.1. The molecule has 8 heteroatoms. The van der Waals surface area contributed by atoms with Crippen molar-refractivity contribution in [1.29, 1.82) is 0 Å². The summed E-state index contributed by atoms with van der Waals surface area (Å²) in [6, 6.07) is 7.52. The van der Waals surface area contributed by atoms with Crippen molar-refractivity contribution in [3.05, 3.63) is 41.4 Å². The van der Waals surface area contributed by atoms with Crippen molar-refractivity contribution in [3.63, 3.8) is 0 Å². The van der Waals surface area contributed by atoms with E-state index in [1.165, 1.54) is 0 Å². The molecule has 0 amide bonds. The van der Waals surface area contributed by atoms with E-state index < -0.39 is 0 Å². The second-order valence-corrected chi connectivity index (χ2v) is 6.21. The van der Waals surface area contributed by atoms with E-state index in [-0.39, 0.29) is 0 Å². The molecule has 2 aromatic rings. The van der Waals surface area contributed by atoms with Crippen molar-refractivity contribution in [3.8, 4) is 5.75 Å². The quantitative estimate of drug-likeness (QED) is 0.581. The number of aliphatic imine (C=N–C) groups is 1.